The third-order valence-electron chi connectivity index (χ3n) is 5.56. The second-order valence-corrected chi connectivity index (χ2v) is 7.22. The number of likely N-dealkylation sites (tertiary alicyclic amines) is 1. The topological polar surface area (TPSA) is 39.7 Å². The van der Waals surface area contributed by atoms with Gasteiger partial charge >= 0.3 is 0 Å². The van der Waals surface area contributed by atoms with E-state index in [4.69, 9.17) is 0 Å². The minimum Gasteiger partial charge on any atom is -0.356 e. The van der Waals surface area contributed by atoms with Crippen LogP contribution in [-0.4, -0.2) is 51.1 Å². The summed E-state index contributed by atoms with van der Waals surface area (Å²) in [6.45, 7) is 4.40. The second-order valence-electron chi connectivity index (χ2n) is 7.22. The number of nitrogens with zero attached hydrogens (tertiary/aromatic N) is 2. The molecule has 1 saturated carbocycles. The summed E-state index contributed by atoms with van der Waals surface area (Å²) in [6, 6.07) is 10.9. The highest BCUT2D eigenvalue weighted by Gasteiger charge is 2.38. The van der Waals surface area contributed by atoms with Crippen molar-refractivity contribution < 1.29 is 0 Å². The fraction of sp³-hybridized carbons (Fsp3) is 0.632. The van der Waals surface area contributed by atoms with Gasteiger partial charge < -0.3 is 15.5 Å². The summed E-state index contributed by atoms with van der Waals surface area (Å²) >= 11 is 0. The van der Waals surface area contributed by atoms with Crippen LogP contribution in [0.3, 0.4) is 0 Å². The van der Waals surface area contributed by atoms with Crippen molar-refractivity contribution in [3.63, 3.8) is 0 Å². The van der Waals surface area contributed by atoms with Gasteiger partial charge in [0.25, 0.3) is 0 Å². The van der Waals surface area contributed by atoms with Crippen molar-refractivity contribution in [2.45, 2.75) is 31.1 Å². The molecule has 2 fully saturated rings. The van der Waals surface area contributed by atoms with Gasteiger partial charge in [0.2, 0.25) is 0 Å². The third kappa shape index (κ3) is 3.86. The molecule has 1 aromatic carbocycles. The third-order valence-corrected chi connectivity index (χ3v) is 5.56. The molecule has 1 heterocycles. The molecule has 126 valence electrons. The molecule has 0 spiro atoms. The van der Waals surface area contributed by atoms with Crippen LogP contribution in [0.2, 0.25) is 0 Å². The highest BCUT2D eigenvalue weighted by atomic mass is 15.2. The average molecular weight is 314 g/mol. The van der Waals surface area contributed by atoms with Crippen molar-refractivity contribution in [2.24, 2.45) is 10.9 Å². The fourth-order valence-electron chi connectivity index (χ4n) is 3.87. The minimum absolute atomic E-state index is 0.298. The van der Waals surface area contributed by atoms with E-state index in [2.05, 4.69) is 57.9 Å². The quantitative estimate of drug-likeness (QED) is 0.647. The Morgan fingerprint density at radius 3 is 2.61 bits per heavy atom. The predicted octanol–water partition coefficient (Wildman–Crippen LogP) is 2.23. The average Bonchev–Trinajstić information content (AvgIpc) is 2.96. The van der Waals surface area contributed by atoms with Gasteiger partial charge in [0.05, 0.1) is 0 Å². The number of rotatable bonds is 5. The largest absolute Gasteiger partial charge is 0.356 e. The van der Waals surface area contributed by atoms with E-state index < -0.39 is 0 Å². The standard InChI is InChI=1S/C19H30N4/c1-20-18(21-13-16-9-12-23(2)14-16)22-15-19(10-6-11-19)17-7-4-3-5-8-17/h3-5,7-8,16H,6,9-15H2,1-2H3,(H2,20,21,22). The van der Waals surface area contributed by atoms with Crippen molar-refractivity contribution in [1.82, 2.24) is 15.5 Å². The van der Waals surface area contributed by atoms with Gasteiger partial charge in [-0.1, -0.05) is 36.8 Å². The first kappa shape index (κ1) is 16.3. The summed E-state index contributed by atoms with van der Waals surface area (Å²) in [6.07, 6.45) is 5.16. The van der Waals surface area contributed by atoms with E-state index in [0.717, 1.165) is 25.0 Å². The molecule has 1 aromatic rings. The Balaban J connectivity index is 1.51. The van der Waals surface area contributed by atoms with Crippen LogP contribution in [-0.2, 0) is 5.41 Å². The van der Waals surface area contributed by atoms with Crippen molar-refractivity contribution in [3.8, 4) is 0 Å². The van der Waals surface area contributed by atoms with Crippen molar-refractivity contribution in [3.05, 3.63) is 35.9 Å². The second kappa shape index (κ2) is 7.35. The lowest BCUT2D eigenvalue weighted by molar-refractivity contribution is 0.243. The minimum atomic E-state index is 0.298. The van der Waals surface area contributed by atoms with Gasteiger partial charge in [0.15, 0.2) is 5.96 Å². The van der Waals surface area contributed by atoms with Crippen LogP contribution in [0.1, 0.15) is 31.2 Å². The molecule has 4 heteroatoms. The van der Waals surface area contributed by atoms with E-state index in [-0.39, 0.29) is 0 Å². The van der Waals surface area contributed by atoms with Gasteiger partial charge in [-0.3, -0.25) is 4.99 Å². The molecular formula is C19H30N4. The SMILES string of the molecule is CN=C(NCC1CCN(C)C1)NCC1(c2ccccc2)CCC1. The van der Waals surface area contributed by atoms with Crippen LogP contribution in [0, 0.1) is 5.92 Å². The number of hydrogen-bond donors (Lipinski definition) is 2. The maximum Gasteiger partial charge on any atom is 0.191 e. The summed E-state index contributed by atoms with van der Waals surface area (Å²) in [5.41, 5.74) is 1.76. The first-order valence-electron chi connectivity index (χ1n) is 8.90. The van der Waals surface area contributed by atoms with Gasteiger partial charge in [-0.2, -0.15) is 0 Å². The number of guanidine groups is 1. The Morgan fingerprint density at radius 2 is 2.04 bits per heavy atom. The monoisotopic (exact) mass is 314 g/mol. The van der Waals surface area contributed by atoms with Gasteiger partial charge in [-0.05, 0) is 44.3 Å². The van der Waals surface area contributed by atoms with E-state index in [9.17, 15) is 0 Å². The molecule has 0 aromatic heterocycles. The van der Waals surface area contributed by atoms with Gasteiger partial charge in [-0.15, -0.1) is 0 Å². The summed E-state index contributed by atoms with van der Waals surface area (Å²) < 4.78 is 0. The number of benzene rings is 1. The number of aliphatic imine (C=N–C) groups is 1. The zero-order valence-corrected chi connectivity index (χ0v) is 14.5. The van der Waals surface area contributed by atoms with Crippen LogP contribution < -0.4 is 10.6 Å². The summed E-state index contributed by atoms with van der Waals surface area (Å²) in [5, 5.41) is 7.09. The lowest BCUT2D eigenvalue weighted by atomic mass is 9.64. The predicted molar refractivity (Wildman–Crippen MR) is 96.9 cm³/mol. The van der Waals surface area contributed by atoms with Crippen LogP contribution >= 0.6 is 0 Å². The molecule has 1 saturated heterocycles. The smallest absolute Gasteiger partial charge is 0.191 e. The van der Waals surface area contributed by atoms with E-state index in [1.807, 2.05) is 7.05 Å². The molecule has 1 aliphatic carbocycles. The fourth-order valence-corrected chi connectivity index (χ4v) is 3.87. The Kier molecular flexibility index (Phi) is 5.21. The number of nitrogens with one attached hydrogen (secondary N) is 2. The molecular weight excluding hydrogens is 284 g/mol. The Hall–Kier alpha value is -1.55. The van der Waals surface area contributed by atoms with E-state index >= 15 is 0 Å². The number of hydrogen-bond acceptors (Lipinski definition) is 2. The van der Waals surface area contributed by atoms with E-state index in [1.54, 1.807) is 0 Å². The zero-order valence-electron chi connectivity index (χ0n) is 14.5. The van der Waals surface area contributed by atoms with Gasteiger partial charge in [0, 0.05) is 32.1 Å². The van der Waals surface area contributed by atoms with Crippen LogP contribution in [0.25, 0.3) is 0 Å². The summed E-state index contributed by atoms with van der Waals surface area (Å²) in [4.78, 5) is 6.81. The van der Waals surface area contributed by atoms with E-state index in [0.29, 0.717) is 5.41 Å². The lowest BCUT2D eigenvalue weighted by Crippen LogP contribution is -2.49. The Morgan fingerprint density at radius 1 is 1.26 bits per heavy atom. The van der Waals surface area contributed by atoms with Gasteiger partial charge in [0.1, 0.15) is 0 Å². The molecule has 1 atom stereocenters. The zero-order chi connectivity index (χ0) is 16.1. The highest BCUT2D eigenvalue weighted by molar-refractivity contribution is 5.79. The molecule has 2 aliphatic rings. The van der Waals surface area contributed by atoms with Crippen LogP contribution in [0.15, 0.2) is 35.3 Å². The van der Waals surface area contributed by atoms with Crippen molar-refractivity contribution >= 4 is 5.96 Å². The molecule has 1 aliphatic heterocycles. The molecule has 0 amide bonds. The van der Waals surface area contributed by atoms with Crippen LogP contribution in [0.5, 0.6) is 0 Å². The van der Waals surface area contributed by atoms with Crippen molar-refractivity contribution in [1.29, 1.82) is 0 Å². The molecule has 0 bridgehead atoms. The maximum atomic E-state index is 4.40. The first-order valence-corrected chi connectivity index (χ1v) is 8.90. The Bertz CT molecular complexity index is 521. The maximum absolute atomic E-state index is 4.40. The summed E-state index contributed by atoms with van der Waals surface area (Å²) in [7, 11) is 4.07. The molecule has 1 unspecified atom stereocenters. The van der Waals surface area contributed by atoms with Gasteiger partial charge in [-0.25, -0.2) is 0 Å². The lowest BCUT2D eigenvalue weighted by Gasteiger charge is -2.43. The molecule has 23 heavy (non-hydrogen) atoms. The molecule has 3 rings (SSSR count). The first-order chi connectivity index (χ1) is 11.2. The van der Waals surface area contributed by atoms with Crippen molar-refractivity contribution in [2.75, 3.05) is 40.3 Å². The van der Waals surface area contributed by atoms with Crippen LogP contribution in [0.4, 0.5) is 0 Å². The summed E-state index contributed by atoms with van der Waals surface area (Å²) in [5.74, 6) is 1.69. The molecule has 4 nitrogen and oxygen atoms in total. The molecule has 2 N–H and O–H groups in total. The van der Waals surface area contributed by atoms with E-state index in [1.165, 1.54) is 44.3 Å². The molecule has 0 radical (unpaired) electrons. The highest BCUT2D eigenvalue weighted by Crippen LogP contribution is 2.43. The Labute approximate surface area is 140 Å². The normalized spacial score (nSPS) is 24.3.